The van der Waals surface area contributed by atoms with Crippen LogP contribution in [0.1, 0.15) is 27.7 Å². The SMILES string of the molecule is CSC(C)(C)CNC(=O)NC(C)C(C)C(=O)O. The van der Waals surface area contributed by atoms with E-state index < -0.39 is 17.9 Å². The molecule has 2 atom stereocenters. The lowest BCUT2D eigenvalue weighted by molar-refractivity contribution is -0.141. The predicted octanol–water partition coefficient (Wildman–Crippen LogP) is 1.54. The quantitative estimate of drug-likeness (QED) is 0.678. The van der Waals surface area contributed by atoms with Gasteiger partial charge >= 0.3 is 12.0 Å². The molecule has 0 fully saturated rings. The van der Waals surface area contributed by atoms with Crippen LogP contribution in [0.5, 0.6) is 0 Å². The Bertz CT molecular complexity index is 282. The van der Waals surface area contributed by atoms with Crippen LogP contribution in [-0.2, 0) is 4.79 Å². The minimum Gasteiger partial charge on any atom is -0.481 e. The largest absolute Gasteiger partial charge is 0.481 e. The summed E-state index contributed by atoms with van der Waals surface area (Å²) >= 11 is 1.66. The summed E-state index contributed by atoms with van der Waals surface area (Å²) in [7, 11) is 0. The lowest BCUT2D eigenvalue weighted by atomic mass is 10.0. The zero-order valence-corrected chi connectivity index (χ0v) is 11.9. The molecule has 0 saturated carbocycles. The second-order valence-corrected chi connectivity index (χ2v) is 6.22. The lowest BCUT2D eigenvalue weighted by Gasteiger charge is -2.24. The summed E-state index contributed by atoms with van der Waals surface area (Å²) < 4.78 is -0.0288. The van der Waals surface area contributed by atoms with Crippen molar-refractivity contribution in [3.05, 3.63) is 0 Å². The van der Waals surface area contributed by atoms with Gasteiger partial charge in [0.1, 0.15) is 0 Å². The number of aliphatic carboxylic acids is 1. The van der Waals surface area contributed by atoms with E-state index in [2.05, 4.69) is 10.6 Å². The number of hydrogen-bond donors (Lipinski definition) is 3. The average molecular weight is 262 g/mol. The van der Waals surface area contributed by atoms with E-state index in [1.165, 1.54) is 0 Å². The van der Waals surface area contributed by atoms with Crippen LogP contribution in [0.2, 0.25) is 0 Å². The van der Waals surface area contributed by atoms with Gasteiger partial charge in [-0.15, -0.1) is 0 Å². The van der Waals surface area contributed by atoms with E-state index in [0.29, 0.717) is 6.54 Å². The van der Waals surface area contributed by atoms with Gasteiger partial charge in [-0.3, -0.25) is 4.79 Å². The van der Waals surface area contributed by atoms with Crippen LogP contribution in [-0.4, -0.2) is 40.7 Å². The van der Waals surface area contributed by atoms with Gasteiger partial charge in [-0.2, -0.15) is 11.8 Å². The Balaban J connectivity index is 4.07. The van der Waals surface area contributed by atoms with Crippen LogP contribution in [0, 0.1) is 5.92 Å². The van der Waals surface area contributed by atoms with Crippen molar-refractivity contribution in [2.75, 3.05) is 12.8 Å². The molecule has 6 heteroatoms. The standard InChI is InChI=1S/C11H22N2O3S/c1-7(9(14)15)8(2)13-10(16)12-6-11(3,4)17-5/h7-8H,6H2,1-5H3,(H,14,15)(H2,12,13,16). The summed E-state index contributed by atoms with van der Waals surface area (Å²) in [5.41, 5.74) is 0. The van der Waals surface area contributed by atoms with Gasteiger partial charge in [0.2, 0.25) is 0 Å². The van der Waals surface area contributed by atoms with Crippen molar-refractivity contribution in [2.45, 2.75) is 38.5 Å². The number of rotatable bonds is 6. The highest BCUT2D eigenvalue weighted by Gasteiger charge is 2.22. The molecule has 0 rings (SSSR count). The van der Waals surface area contributed by atoms with E-state index in [0.717, 1.165) is 0 Å². The van der Waals surface area contributed by atoms with E-state index in [4.69, 9.17) is 5.11 Å². The minimum absolute atomic E-state index is 0.0288. The molecule has 0 aliphatic carbocycles. The molecule has 5 nitrogen and oxygen atoms in total. The Morgan fingerprint density at radius 3 is 2.29 bits per heavy atom. The van der Waals surface area contributed by atoms with E-state index in [-0.39, 0.29) is 10.8 Å². The van der Waals surface area contributed by atoms with Crippen LogP contribution in [0.3, 0.4) is 0 Å². The van der Waals surface area contributed by atoms with Crippen molar-refractivity contribution < 1.29 is 14.7 Å². The summed E-state index contributed by atoms with van der Waals surface area (Å²) in [5, 5.41) is 14.1. The smallest absolute Gasteiger partial charge is 0.315 e. The highest BCUT2D eigenvalue weighted by atomic mass is 32.2. The molecule has 0 aromatic rings. The molecule has 100 valence electrons. The highest BCUT2D eigenvalue weighted by molar-refractivity contribution is 7.99. The van der Waals surface area contributed by atoms with E-state index in [1.807, 2.05) is 20.1 Å². The molecule has 0 heterocycles. The van der Waals surface area contributed by atoms with Crippen molar-refractivity contribution in [3.63, 3.8) is 0 Å². The maximum atomic E-state index is 11.5. The molecule has 0 aliphatic heterocycles. The maximum Gasteiger partial charge on any atom is 0.315 e. The Hall–Kier alpha value is -0.910. The van der Waals surface area contributed by atoms with Crippen molar-refractivity contribution in [1.82, 2.24) is 10.6 Å². The average Bonchev–Trinajstić information content (AvgIpc) is 2.25. The van der Waals surface area contributed by atoms with Gasteiger partial charge in [0.05, 0.1) is 5.92 Å². The van der Waals surface area contributed by atoms with Crippen LogP contribution in [0.4, 0.5) is 4.79 Å². The second kappa shape index (κ2) is 6.74. The van der Waals surface area contributed by atoms with Crippen molar-refractivity contribution >= 4 is 23.8 Å². The Kier molecular flexibility index (Phi) is 6.37. The van der Waals surface area contributed by atoms with Crippen LogP contribution in [0.25, 0.3) is 0 Å². The number of carbonyl (C=O) groups is 2. The first-order valence-electron chi connectivity index (χ1n) is 5.52. The van der Waals surface area contributed by atoms with Gasteiger partial charge in [0.25, 0.3) is 0 Å². The van der Waals surface area contributed by atoms with Crippen LogP contribution in [0.15, 0.2) is 0 Å². The molecule has 0 saturated heterocycles. The van der Waals surface area contributed by atoms with Gasteiger partial charge in [-0.25, -0.2) is 4.79 Å². The summed E-state index contributed by atoms with van der Waals surface area (Å²) in [5.74, 6) is -1.52. The molecule has 17 heavy (non-hydrogen) atoms. The number of carboxylic acids is 1. The first kappa shape index (κ1) is 16.1. The molecule has 2 amide bonds. The number of carbonyl (C=O) groups excluding carboxylic acids is 1. The number of urea groups is 1. The number of carboxylic acid groups (broad SMARTS) is 1. The van der Waals surface area contributed by atoms with Crippen molar-refractivity contribution in [1.29, 1.82) is 0 Å². The Morgan fingerprint density at radius 2 is 1.88 bits per heavy atom. The minimum atomic E-state index is -0.915. The van der Waals surface area contributed by atoms with E-state index in [1.54, 1.807) is 25.6 Å². The third kappa shape index (κ3) is 6.41. The molecular formula is C11H22N2O3S. The Labute approximate surface area is 107 Å². The van der Waals surface area contributed by atoms with Gasteiger partial charge in [-0.05, 0) is 34.0 Å². The third-order valence-corrected chi connectivity index (χ3v) is 3.98. The fraction of sp³-hybridized carbons (Fsp3) is 0.818. The third-order valence-electron chi connectivity index (χ3n) is 2.73. The van der Waals surface area contributed by atoms with Crippen LogP contribution < -0.4 is 10.6 Å². The summed E-state index contributed by atoms with van der Waals surface area (Å²) in [6, 6.07) is -0.724. The normalized spacial score (nSPS) is 14.9. The number of amides is 2. The Morgan fingerprint density at radius 1 is 1.35 bits per heavy atom. The second-order valence-electron chi connectivity index (χ2n) is 4.71. The van der Waals surface area contributed by atoms with Crippen LogP contribution >= 0.6 is 11.8 Å². The fourth-order valence-electron chi connectivity index (χ4n) is 0.962. The zero-order chi connectivity index (χ0) is 13.6. The molecule has 0 radical (unpaired) electrons. The highest BCUT2D eigenvalue weighted by Crippen LogP contribution is 2.19. The van der Waals surface area contributed by atoms with Crippen molar-refractivity contribution in [3.8, 4) is 0 Å². The first-order chi connectivity index (χ1) is 7.69. The molecular weight excluding hydrogens is 240 g/mol. The summed E-state index contributed by atoms with van der Waals surface area (Å²) in [6.07, 6.45) is 1.98. The van der Waals surface area contributed by atoms with Gasteiger partial charge in [0.15, 0.2) is 0 Å². The summed E-state index contributed by atoms with van der Waals surface area (Å²) in [6.45, 7) is 7.84. The van der Waals surface area contributed by atoms with E-state index >= 15 is 0 Å². The molecule has 2 unspecified atom stereocenters. The molecule has 0 aromatic carbocycles. The number of nitrogens with one attached hydrogen (secondary N) is 2. The molecule has 0 aromatic heterocycles. The van der Waals surface area contributed by atoms with Gasteiger partial charge < -0.3 is 15.7 Å². The van der Waals surface area contributed by atoms with E-state index in [9.17, 15) is 9.59 Å². The van der Waals surface area contributed by atoms with Gasteiger partial charge in [0, 0.05) is 17.3 Å². The number of hydrogen-bond acceptors (Lipinski definition) is 3. The number of thioether (sulfide) groups is 1. The topological polar surface area (TPSA) is 78.4 Å². The molecule has 0 bridgehead atoms. The summed E-state index contributed by atoms with van der Waals surface area (Å²) in [4.78, 5) is 22.2. The monoisotopic (exact) mass is 262 g/mol. The zero-order valence-electron chi connectivity index (χ0n) is 11.0. The van der Waals surface area contributed by atoms with Gasteiger partial charge in [-0.1, -0.05) is 0 Å². The molecule has 0 spiro atoms. The maximum absolute atomic E-state index is 11.5. The fourth-order valence-corrected chi connectivity index (χ4v) is 1.18. The molecule has 3 N–H and O–H groups in total. The first-order valence-corrected chi connectivity index (χ1v) is 6.74. The molecule has 0 aliphatic rings. The predicted molar refractivity (Wildman–Crippen MR) is 70.4 cm³/mol. The van der Waals surface area contributed by atoms with Crippen molar-refractivity contribution in [2.24, 2.45) is 5.92 Å². The lowest BCUT2D eigenvalue weighted by Crippen LogP contribution is -2.48.